The van der Waals surface area contributed by atoms with Crippen molar-refractivity contribution in [3.63, 3.8) is 0 Å². The van der Waals surface area contributed by atoms with E-state index >= 15 is 0 Å². The van der Waals surface area contributed by atoms with Crippen molar-refractivity contribution in [2.24, 2.45) is 0 Å². The third kappa shape index (κ3) is 3.82. The van der Waals surface area contributed by atoms with Crippen molar-refractivity contribution in [3.05, 3.63) is 53.2 Å². The minimum atomic E-state index is 0.0533. The fourth-order valence-electron chi connectivity index (χ4n) is 2.45. The van der Waals surface area contributed by atoms with Crippen molar-refractivity contribution in [2.75, 3.05) is 11.4 Å². The maximum Gasteiger partial charge on any atom is 0.133 e. The normalized spacial score (nSPS) is 10.7. The molecule has 21 heavy (non-hydrogen) atoms. The number of hydrogen-bond acceptors (Lipinski definition) is 3. The molecule has 0 amide bonds. The molecule has 2 rings (SSSR count). The van der Waals surface area contributed by atoms with Crippen LogP contribution in [-0.2, 0) is 13.0 Å². The van der Waals surface area contributed by atoms with E-state index < -0.39 is 0 Å². The van der Waals surface area contributed by atoms with Gasteiger partial charge < -0.3 is 10.0 Å². The number of aliphatic hydroxyl groups excluding tert-OH is 1. The summed E-state index contributed by atoms with van der Waals surface area (Å²) in [6.07, 6.45) is 1.99. The molecule has 0 bridgehead atoms. The third-order valence-corrected chi connectivity index (χ3v) is 3.55. The Labute approximate surface area is 127 Å². The highest BCUT2D eigenvalue weighted by molar-refractivity contribution is 5.61. The van der Waals surface area contributed by atoms with Gasteiger partial charge in [-0.1, -0.05) is 31.0 Å². The number of benzene rings is 1. The Morgan fingerprint density at radius 2 is 1.81 bits per heavy atom. The molecule has 0 aliphatic heterocycles. The van der Waals surface area contributed by atoms with Crippen molar-refractivity contribution < 1.29 is 5.11 Å². The van der Waals surface area contributed by atoms with E-state index in [9.17, 15) is 5.11 Å². The number of aromatic nitrogens is 1. The first kappa shape index (κ1) is 15.5. The lowest BCUT2D eigenvalue weighted by Gasteiger charge is -2.23. The zero-order valence-electron chi connectivity index (χ0n) is 13.1. The molecule has 112 valence electrons. The minimum absolute atomic E-state index is 0.0533. The van der Waals surface area contributed by atoms with Crippen LogP contribution in [0, 0.1) is 6.92 Å². The SMILES string of the molecule is CCCc1cc(CO)cc(N(CC)c2ccc(C)cc2)n1. The number of aliphatic hydroxyl groups is 1. The fourth-order valence-corrected chi connectivity index (χ4v) is 2.45. The summed E-state index contributed by atoms with van der Waals surface area (Å²) < 4.78 is 0. The van der Waals surface area contributed by atoms with Crippen LogP contribution in [-0.4, -0.2) is 16.6 Å². The van der Waals surface area contributed by atoms with Gasteiger partial charge in [0.15, 0.2) is 0 Å². The zero-order valence-corrected chi connectivity index (χ0v) is 13.1. The van der Waals surface area contributed by atoms with Crippen molar-refractivity contribution in [3.8, 4) is 0 Å². The predicted octanol–water partition coefficient (Wildman–Crippen LogP) is 3.99. The van der Waals surface area contributed by atoms with Gasteiger partial charge in [-0.15, -0.1) is 0 Å². The number of nitrogens with zero attached hydrogens (tertiary/aromatic N) is 2. The summed E-state index contributed by atoms with van der Waals surface area (Å²) in [5.41, 5.74) is 4.35. The van der Waals surface area contributed by atoms with Crippen LogP contribution >= 0.6 is 0 Å². The monoisotopic (exact) mass is 284 g/mol. The molecule has 0 atom stereocenters. The van der Waals surface area contributed by atoms with Gasteiger partial charge in [-0.3, -0.25) is 0 Å². The molecule has 2 aromatic rings. The van der Waals surface area contributed by atoms with Gasteiger partial charge in [-0.2, -0.15) is 0 Å². The zero-order chi connectivity index (χ0) is 15.2. The van der Waals surface area contributed by atoms with Gasteiger partial charge in [-0.05, 0) is 50.1 Å². The lowest BCUT2D eigenvalue weighted by molar-refractivity contribution is 0.281. The molecule has 0 fully saturated rings. The Morgan fingerprint density at radius 3 is 2.38 bits per heavy atom. The second kappa shape index (κ2) is 7.23. The summed E-state index contributed by atoms with van der Waals surface area (Å²) in [6.45, 7) is 7.25. The molecule has 1 heterocycles. The van der Waals surface area contributed by atoms with Crippen LogP contribution in [0.5, 0.6) is 0 Å². The van der Waals surface area contributed by atoms with Gasteiger partial charge in [0, 0.05) is 17.9 Å². The number of aryl methyl sites for hydroxylation is 2. The summed E-state index contributed by atoms with van der Waals surface area (Å²) in [6, 6.07) is 12.4. The van der Waals surface area contributed by atoms with Crippen LogP contribution in [0.4, 0.5) is 11.5 Å². The summed E-state index contributed by atoms with van der Waals surface area (Å²) >= 11 is 0. The number of anilines is 2. The lowest BCUT2D eigenvalue weighted by Crippen LogP contribution is -2.18. The summed E-state index contributed by atoms with van der Waals surface area (Å²) in [4.78, 5) is 6.93. The largest absolute Gasteiger partial charge is 0.392 e. The molecule has 1 aromatic carbocycles. The molecule has 1 N–H and O–H groups in total. The number of hydrogen-bond donors (Lipinski definition) is 1. The molecule has 0 saturated carbocycles. The third-order valence-electron chi connectivity index (χ3n) is 3.55. The lowest BCUT2D eigenvalue weighted by atomic mass is 10.1. The van der Waals surface area contributed by atoms with E-state index in [0.717, 1.165) is 42.1 Å². The van der Waals surface area contributed by atoms with Crippen molar-refractivity contribution >= 4 is 11.5 Å². The highest BCUT2D eigenvalue weighted by atomic mass is 16.3. The van der Waals surface area contributed by atoms with E-state index in [1.807, 2.05) is 12.1 Å². The van der Waals surface area contributed by atoms with Gasteiger partial charge >= 0.3 is 0 Å². The van der Waals surface area contributed by atoms with E-state index in [-0.39, 0.29) is 6.61 Å². The summed E-state index contributed by atoms with van der Waals surface area (Å²) in [7, 11) is 0. The van der Waals surface area contributed by atoms with Gasteiger partial charge in [0.1, 0.15) is 5.82 Å². The van der Waals surface area contributed by atoms with E-state index in [2.05, 4.69) is 49.9 Å². The second-order valence-corrected chi connectivity index (χ2v) is 5.31. The Balaban J connectivity index is 2.40. The van der Waals surface area contributed by atoms with Crippen LogP contribution < -0.4 is 4.90 Å². The van der Waals surface area contributed by atoms with Crippen LogP contribution in [0.15, 0.2) is 36.4 Å². The highest BCUT2D eigenvalue weighted by Gasteiger charge is 2.11. The van der Waals surface area contributed by atoms with Gasteiger partial charge in [0.05, 0.1) is 6.61 Å². The standard InChI is InChI=1S/C18H24N2O/c1-4-6-16-11-15(13-21)12-18(19-16)20(5-2)17-9-7-14(3)8-10-17/h7-12,21H,4-6,13H2,1-3H3. The van der Waals surface area contributed by atoms with Crippen molar-refractivity contribution in [2.45, 2.75) is 40.2 Å². The molecule has 0 spiro atoms. The molecule has 0 aliphatic carbocycles. The molecule has 3 nitrogen and oxygen atoms in total. The molecule has 0 radical (unpaired) electrons. The van der Waals surface area contributed by atoms with Crippen LogP contribution in [0.2, 0.25) is 0 Å². The Morgan fingerprint density at radius 1 is 1.10 bits per heavy atom. The highest BCUT2D eigenvalue weighted by Crippen LogP contribution is 2.25. The van der Waals surface area contributed by atoms with Gasteiger partial charge in [0.25, 0.3) is 0 Å². The van der Waals surface area contributed by atoms with Crippen molar-refractivity contribution in [1.29, 1.82) is 0 Å². The molecule has 3 heteroatoms. The Kier molecular flexibility index (Phi) is 5.34. The fraction of sp³-hybridized carbons (Fsp3) is 0.389. The molecule has 1 aromatic heterocycles. The Hall–Kier alpha value is -1.87. The van der Waals surface area contributed by atoms with E-state index in [1.54, 1.807) is 0 Å². The molecule has 0 unspecified atom stereocenters. The maximum absolute atomic E-state index is 9.47. The average molecular weight is 284 g/mol. The molecular weight excluding hydrogens is 260 g/mol. The first-order chi connectivity index (χ1) is 10.2. The number of rotatable bonds is 6. The average Bonchev–Trinajstić information content (AvgIpc) is 2.50. The first-order valence-corrected chi connectivity index (χ1v) is 7.62. The van der Waals surface area contributed by atoms with Gasteiger partial charge in [0.2, 0.25) is 0 Å². The maximum atomic E-state index is 9.47. The second-order valence-electron chi connectivity index (χ2n) is 5.31. The first-order valence-electron chi connectivity index (χ1n) is 7.62. The molecule has 0 saturated heterocycles. The Bertz CT molecular complexity index is 578. The number of pyridine rings is 1. The van der Waals surface area contributed by atoms with E-state index in [1.165, 1.54) is 5.56 Å². The minimum Gasteiger partial charge on any atom is -0.392 e. The van der Waals surface area contributed by atoms with Gasteiger partial charge in [-0.25, -0.2) is 4.98 Å². The van der Waals surface area contributed by atoms with E-state index in [0.29, 0.717) is 0 Å². The topological polar surface area (TPSA) is 36.4 Å². The van der Waals surface area contributed by atoms with Crippen LogP contribution in [0.25, 0.3) is 0 Å². The summed E-state index contributed by atoms with van der Waals surface area (Å²) in [5.74, 6) is 0.913. The van der Waals surface area contributed by atoms with Crippen LogP contribution in [0.3, 0.4) is 0 Å². The smallest absolute Gasteiger partial charge is 0.133 e. The summed E-state index contributed by atoms with van der Waals surface area (Å²) in [5, 5.41) is 9.47. The predicted molar refractivity (Wildman–Crippen MR) is 88.0 cm³/mol. The molecular formula is C18H24N2O. The van der Waals surface area contributed by atoms with E-state index in [4.69, 9.17) is 4.98 Å². The molecule has 0 aliphatic rings. The quantitative estimate of drug-likeness (QED) is 0.871. The van der Waals surface area contributed by atoms with Crippen molar-refractivity contribution in [1.82, 2.24) is 4.98 Å². The van der Waals surface area contributed by atoms with Crippen LogP contribution in [0.1, 0.15) is 37.1 Å².